The first-order chi connectivity index (χ1) is 6.16. The second-order valence-electron chi connectivity index (χ2n) is 4.11. The van der Waals surface area contributed by atoms with Gasteiger partial charge in [0, 0.05) is 12.1 Å². The van der Waals surface area contributed by atoms with Crippen LogP contribution in [-0.4, -0.2) is 41.3 Å². The maximum Gasteiger partial charge on any atom is 0.0693 e. The normalized spacial score (nSPS) is 33.2. The molecular weight excluding hydrogens is 164 g/mol. The molecule has 1 saturated heterocycles. The van der Waals surface area contributed by atoms with Gasteiger partial charge in [-0.15, -0.1) is 0 Å². The summed E-state index contributed by atoms with van der Waals surface area (Å²) in [5, 5.41) is 9.69. The van der Waals surface area contributed by atoms with Gasteiger partial charge in [0.15, 0.2) is 0 Å². The molecule has 1 aliphatic heterocycles. The van der Waals surface area contributed by atoms with E-state index in [4.69, 9.17) is 5.73 Å². The Morgan fingerprint density at radius 1 is 1.62 bits per heavy atom. The molecule has 0 aliphatic carbocycles. The molecular formula is C10H22N2O. The zero-order valence-corrected chi connectivity index (χ0v) is 8.74. The van der Waals surface area contributed by atoms with E-state index in [0.29, 0.717) is 12.1 Å². The summed E-state index contributed by atoms with van der Waals surface area (Å²) in [5.41, 5.74) is 5.53. The van der Waals surface area contributed by atoms with Crippen LogP contribution in [0.5, 0.6) is 0 Å². The lowest BCUT2D eigenvalue weighted by Gasteiger charge is -2.40. The minimum atomic E-state index is -0.144. The zero-order valence-electron chi connectivity index (χ0n) is 8.74. The fraction of sp³-hybridized carbons (Fsp3) is 1.00. The molecule has 0 spiro atoms. The number of rotatable bonds is 3. The van der Waals surface area contributed by atoms with Crippen molar-refractivity contribution in [3.05, 3.63) is 0 Å². The van der Waals surface area contributed by atoms with Gasteiger partial charge in [-0.3, -0.25) is 4.90 Å². The highest BCUT2D eigenvalue weighted by atomic mass is 16.3. The summed E-state index contributed by atoms with van der Waals surface area (Å²) in [6.45, 7) is 6.15. The summed E-state index contributed by atoms with van der Waals surface area (Å²) >= 11 is 0. The fourth-order valence-corrected chi connectivity index (χ4v) is 2.18. The van der Waals surface area contributed by atoms with Crippen LogP contribution in [0.15, 0.2) is 0 Å². The van der Waals surface area contributed by atoms with E-state index < -0.39 is 0 Å². The first-order valence-corrected chi connectivity index (χ1v) is 5.30. The number of likely N-dealkylation sites (tertiary alicyclic amines) is 1. The van der Waals surface area contributed by atoms with Crippen LogP contribution in [0.4, 0.5) is 0 Å². The number of nitrogens with two attached hydrogens (primary N) is 1. The van der Waals surface area contributed by atoms with Gasteiger partial charge in [0.1, 0.15) is 0 Å². The number of aliphatic hydroxyl groups is 1. The molecule has 3 unspecified atom stereocenters. The molecule has 0 saturated carbocycles. The molecule has 1 rings (SSSR count). The van der Waals surface area contributed by atoms with Gasteiger partial charge in [-0.25, -0.2) is 0 Å². The van der Waals surface area contributed by atoms with Crippen LogP contribution >= 0.6 is 0 Å². The number of hydrogen-bond acceptors (Lipinski definition) is 3. The molecule has 13 heavy (non-hydrogen) atoms. The van der Waals surface area contributed by atoms with Crippen molar-refractivity contribution >= 4 is 0 Å². The van der Waals surface area contributed by atoms with Gasteiger partial charge >= 0.3 is 0 Å². The third kappa shape index (κ3) is 2.66. The Morgan fingerprint density at radius 2 is 2.31 bits per heavy atom. The Balaban J connectivity index is 2.46. The van der Waals surface area contributed by atoms with Crippen molar-refractivity contribution in [2.75, 3.05) is 13.1 Å². The maximum absolute atomic E-state index is 9.69. The highest BCUT2D eigenvalue weighted by Gasteiger charge is 2.28. The van der Waals surface area contributed by atoms with E-state index in [-0.39, 0.29) is 6.10 Å². The van der Waals surface area contributed by atoms with E-state index >= 15 is 0 Å². The maximum atomic E-state index is 9.69. The van der Waals surface area contributed by atoms with Gasteiger partial charge in [0.05, 0.1) is 6.10 Å². The van der Waals surface area contributed by atoms with Crippen molar-refractivity contribution < 1.29 is 5.11 Å². The average Bonchev–Trinajstić information content (AvgIpc) is 2.10. The van der Waals surface area contributed by atoms with Crippen molar-refractivity contribution in [3.8, 4) is 0 Å². The van der Waals surface area contributed by atoms with Gasteiger partial charge in [0.2, 0.25) is 0 Å². The Hall–Kier alpha value is -0.120. The standard InChI is InChI=1S/C10H22N2O/c1-8(5-6-11)12-7-3-4-10(13)9(12)2/h8-10,13H,3-7,11H2,1-2H3. The van der Waals surface area contributed by atoms with E-state index in [1.165, 1.54) is 0 Å². The van der Waals surface area contributed by atoms with Crippen LogP contribution in [0.1, 0.15) is 33.1 Å². The number of hydrogen-bond donors (Lipinski definition) is 2. The minimum Gasteiger partial charge on any atom is -0.392 e. The molecule has 0 aromatic heterocycles. The Labute approximate surface area is 80.9 Å². The Bertz CT molecular complexity index is 152. The van der Waals surface area contributed by atoms with Gasteiger partial charge < -0.3 is 10.8 Å². The predicted octanol–water partition coefficient (Wildman–Crippen LogP) is 0.569. The molecule has 0 aromatic carbocycles. The van der Waals surface area contributed by atoms with Crippen molar-refractivity contribution in [1.29, 1.82) is 0 Å². The quantitative estimate of drug-likeness (QED) is 0.677. The lowest BCUT2D eigenvalue weighted by atomic mass is 9.98. The summed E-state index contributed by atoms with van der Waals surface area (Å²) in [6, 6.07) is 0.810. The number of piperidine rings is 1. The van der Waals surface area contributed by atoms with Crippen LogP contribution in [0.2, 0.25) is 0 Å². The highest BCUT2D eigenvalue weighted by Crippen LogP contribution is 2.20. The molecule has 1 aliphatic rings. The largest absolute Gasteiger partial charge is 0.392 e. The fourth-order valence-electron chi connectivity index (χ4n) is 2.18. The van der Waals surface area contributed by atoms with E-state index in [0.717, 1.165) is 32.4 Å². The minimum absolute atomic E-state index is 0.144. The van der Waals surface area contributed by atoms with Crippen LogP contribution < -0.4 is 5.73 Å². The molecule has 3 atom stereocenters. The van der Waals surface area contributed by atoms with E-state index in [1.54, 1.807) is 0 Å². The SMILES string of the molecule is CC(CCN)N1CCCC(O)C1C. The molecule has 0 aromatic rings. The first kappa shape index (κ1) is 11.0. The smallest absolute Gasteiger partial charge is 0.0693 e. The van der Waals surface area contributed by atoms with Crippen molar-refractivity contribution in [1.82, 2.24) is 4.90 Å². The summed E-state index contributed by atoms with van der Waals surface area (Å²) in [7, 11) is 0. The second-order valence-corrected chi connectivity index (χ2v) is 4.11. The van der Waals surface area contributed by atoms with Crippen LogP contribution in [0, 0.1) is 0 Å². The molecule has 3 nitrogen and oxygen atoms in total. The van der Waals surface area contributed by atoms with Gasteiger partial charge in [-0.05, 0) is 46.2 Å². The Kier molecular flexibility index (Phi) is 4.16. The van der Waals surface area contributed by atoms with Gasteiger partial charge in [-0.2, -0.15) is 0 Å². The summed E-state index contributed by atoms with van der Waals surface area (Å²) < 4.78 is 0. The molecule has 3 N–H and O–H groups in total. The molecule has 0 bridgehead atoms. The zero-order chi connectivity index (χ0) is 9.84. The predicted molar refractivity (Wildman–Crippen MR) is 54.5 cm³/mol. The highest BCUT2D eigenvalue weighted by molar-refractivity contribution is 4.83. The Morgan fingerprint density at radius 3 is 2.92 bits per heavy atom. The van der Waals surface area contributed by atoms with E-state index in [2.05, 4.69) is 18.7 Å². The number of aliphatic hydroxyl groups excluding tert-OH is 1. The summed E-state index contributed by atoms with van der Waals surface area (Å²) in [4.78, 5) is 2.38. The van der Waals surface area contributed by atoms with Crippen LogP contribution in [-0.2, 0) is 0 Å². The average molecular weight is 186 g/mol. The van der Waals surface area contributed by atoms with Crippen molar-refractivity contribution in [2.24, 2.45) is 5.73 Å². The monoisotopic (exact) mass is 186 g/mol. The van der Waals surface area contributed by atoms with Crippen LogP contribution in [0.25, 0.3) is 0 Å². The van der Waals surface area contributed by atoms with Crippen LogP contribution in [0.3, 0.4) is 0 Å². The van der Waals surface area contributed by atoms with Crippen molar-refractivity contribution in [3.63, 3.8) is 0 Å². The van der Waals surface area contributed by atoms with Crippen molar-refractivity contribution in [2.45, 2.75) is 51.3 Å². The third-order valence-electron chi connectivity index (χ3n) is 3.15. The molecule has 0 amide bonds. The molecule has 3 heteroatoms. The second kappa shape index (κ2) is 4.94. The third-order valence-corrected chi connectivity index (χ3v) is 3.15. The lowest BCUT2D eigenvalue weighted by molar-refractivity contribution is -0.000976. The van der Waals surface area contributed by atoms with Gasteiger partial charge in [-0.1, -0.05) is 0 Å². The summed E-state index contributed by atoms with van der Waals surface area (Å²) in [6.07, 6.45) is 2.94. The molecule has 1 fully saturated rings. The molecule has 1 heterocycles. The van der Waals surface area contributed by atoms with E-state index in [1.807, 2.05) is 0 Å². The van der Waals surface area contributed by atoms with E-state index in [9.17, 15) is 5.11 Å². The van der Waals surface area contributed by atoms with Gasteiger partial charge in [0.25, 0.3) is 0 Å². The lowest BCUT2D eigenvalue weighted by Crippen LogP contribution is -2.50. The number of nitrogens with zero attached hydrogens (tertiary/aromatic N) is 1. The molecule has 78 valence electrons. The summed E-state index contributed by atoms with van der Waals surface area (Å²) in [5.74, 6) is 0. The molecule has 0 radical (unpaired) electrons. The topological polar surface area (TPSA) is 49.5 Å². The first-order valence-electron chi connectivity index (χ1n) is 5.30.